The molecule has 0 saturated carbocycles. The summed E-state index contributed by atoms with van der Waals surface area (Å²) in [6.45, 7) is 10.9. The number of rotatable bonds is 4. The van der Waals surface area contributed by atoms with E-state index in [4.69, 9.17) is 28.0 Å². The summed E-state index contributed by atoms with van der Waals surface area (Å²) in [7, 11) is 1.07. The number of aryl methyl sites for hydroxylation is 2. The Morgan fingerprint density at radius 1 is 0.297 bits per heavy atom. The van der Waals surface area contributed by atoms with Crippen molar-refractivity contribution in [1.29, 1.82) is 0 Å². The fourth-order valence-electron chi connectivity index (χ4n) is 27.1. The molecule has 10 nitrogen and oxygen atoms in total. The Hall–Kier alpha value is -12.0. The van der Waals surface area contributed by atoms with Crippen LogP contribution in [0.2, 0.25) is 0 Å². The number of ether oxygens (including phenoxy) is 4. The zero-order valence-electron chi connectivity index (χ0n) is 71.1. The number of hydrogen-bond acceptors (Lipinski definition) is 6. The number of hydrogen-bond donors (Lipinski definition) is 0. The van der Waals surface area contributed by atoms with Gasteiger partial charge in [-0.15, -0.1) is 0 Å². The molecule has 0 amide bonds. The molecule has 36 rings (SSSR count). The van der Waals surface area contributed by atoms with Crippen LogP contribution in [-0.2, 0) is 0 Å². The van der Waals surface area contributed by atoms with Gasteiger partial charge in [-0.2, -0.15) is 0 Å². The van der Waals surface area contributed by atoms with Crippen molar-refractivity contribution < 1.29 is 18.9 Å². The first-order valence-electron chi connectivity index (χ1n) is 47.0. The Morgan fingerprint density at radius 2 is 0.664 bits per heavy atom. The summed E-state index contributed by atoms with van der Waals surface area (Å²) in [6.07, 6.45) is 2.58. The molecule has 16 aliphatic rings. The van der Waals surface area contributed by atoms with Crippen LogP contribution in [0.15, 0.2) is 324 Å². The summed E-state index contributed by atoms with van der Waals surface area (Å²) in [5.74, 6) is 7.85. The van der Waals surface area contributed by atoms with Gasteiger partial charge >= 0.3 is 427 Å². The molecular formula is C98H66B16N6O4P4-2. The van der Waals surface area contributed by atoms with E-state index in [0.717, 1.165) is 83.3 Å². The van der Waals surface area contributed by atoms with E-state index in [1.54, 1.807) is 10.6 Å². The van der Waals surface area contributed by atoms with E-state index < -0.39 is 12.8 Å². The predicted molar refractivity (Wildman–Crippen MR) is 569 cm³/mol. The third kappa shape index (κ3) is 8.66. The second-order valence-corrected chi connectivity index (χ2v) is 58.1. The van der Waals surface area contributed by atoms with E-state index in [9.17, 15) is 0 Å². The van der Waals surface area contributed by atoms with Crippen molar-refractivity contribution in [1.82, 2.24) is 18.3 Å². The maximum absolute atomic E-state index is 6.48. The van der Waals surface area contributed by atoms with Gasteiger partial charge in [-0.3, -0.25) is 0 Å². The molecule has 4 aromatic heterocycles. The molecule has 8 saturated heterocycles. The van der Waals surface area contributed by atoms with Gasteiger partial charge in [0.05, 0.1) is 11.0 Å². The van der Waals surface area contributed by atoms with E-state index in [2.05, 4.69) is 361 Å². The van der Waals surface area contributed by atoms with Crippen molar-refractivity contribution in [2.45, 2.75) is 13.8 Å². The van der Waals surface area contributed by atoms with Gasteiger partial charge in [0.15, 0.2) is 0 Å². The Kier molecular flexibility index (Phi) is 12.9. The summed E-state index contributed by atoms with van der Waals surface area (Å²) >= 11 is 0. The van der Waals surface area contributed by atoms with Crippen molar-refractivity contribution in [3.8, 4) is 68.7 Å². The predicted octanol–water partition coefficient (Wildman–Crippen LogP) is 10.9. The molecule has 128 heavy (non-hydrogen) atoms. The van der Waals surface area contributed by atoms with Crippen molar-refractivity contribution >= 4 is 297 Å². The van der Waals surface area contributed by atoms with Crippen LogP contribution in [0, 0.1) is 13.8 Å². The summed E-state index contributed by atoms with van der Waals surface area (Å²) in [5, 5.41) is 14.4. The topological polar surface area (TPSA) is 81.4 Å². The summed E-state index contributed by atoms with van der Waals surface area (Å²) in [5.41, 5.74) is 34.1. The molecule has 0 bridgehead atoms. The van der Waals surface area contributed by atoms with Gasteiger partial charge in [0.1, 0.15) is 23.0 Å². The van der Waals surface area contributed by atoms with Crippen LogP contribution in [0.4, 0.5) is 0 Å². The van der Waals surface area contributed by atoms with Crippen LogP contribution in [0.3, 0.4) is 0 Å². The first-order valence-corrected chi connectivity index (χ1v) is 55.4. The van der Waals surface area contributed by atoms with Crippen LogP contribution in [0.25, 0.3) is 110 Å². The van der Waals surface area contributed by atoms with Gasteiger partial charge in [-0.1, -0.05) is 115 Å². The van der Waals surface area contributed by atoms with Gasteiger partial charge in [0, 0.05) is 44.0 Å². The normalized spacial score (nSPS) is 18.2. The van der Waals surface area contributed by atoms with E-state index in [0.29, 0.717) is 14.1 Å². The van der Waals surface area contributed by atoms with E-state index in [-0.39, 0.29) is 55.6 Å². The van der Waals surface area contributed by atoms with Crippen molar-refractivity contribution in [3.05, 3.63) is 327 Å². The van der Waals surface area contributed by atoms with Crippen LogP contribution in [0.1, 0.15) is 11.1 Å². The van der Waals surface area contributed by atoms with Crippen LogP contribution in [-0.4, -0.2) is 124 Å². The molecule has 8 fully saturated rings. The minimum atomic E-state index is -2.01. The number of nitrogens with zero attached hydrogens (tertiary/aromatic N) is 6. The summed E-state index contributed by atoms with van der Waals surface area (Å²) in [4.78, 5) is 0. The van der Waals surface area contributed by atoms with Crippen LogP contribution in [0.5, 0.6) is 46.0 Å². The average molecular weight is 1690 g/mol. The van der Waals surface area contributed by atoms with Crippen molar-refractivity contribution in [2.24, 2.45) is 9.03 Å². The van der Waals surface area contributed by atoms with Gasteiger partial charge < -0.3 is 18.6 Å². The summed E-state index contributed by atoms with van der Waals surface area (Å²) < 4.78 is 47.3. The standard InChI is InChI=1S/2C25H16BNO.2C24H17B7N2OP2/c1-15-7-4-8-16-17-9-5-11-19-25(17)27(24(15)16)20-12-6-14-22-23(20)26(19)18-10-2-3-13-21(18)28-22;1-15-12-13-16-17-6-4-8-19-25(17)27(21(16)14-15)20-9-5-11-23-24(20)26(19)18-7-2-3-10-22(18)28-23;1-3-8-17-14(6-1)22-21(36(26-29(36)27-36)32-35-30-25-31(30)35)13-12-16-24(22)33(17)18-9-5-11-20-23(18)28(16)15-7-2-4-10-19(15)34-20;1-2-9-21-17(6-1)28-18-7-3-5-15-16-13-14(36(26-29(36)27-36)32-35-30-25-31(30)35)11-12-19(16)33(24(15)18)20-8-4-10-22(34-21)23(20)28/h2*2-14H,1H3;2*1-13H,25-26H2/q;;2*-1. The Bertz CT molecular complexity index is 8920. The van der Waals surface area contributed by atoms with E-state index in [1.165, 1.54) is 187 Å². The average Bonchev–Trinajstić information content (AvgIpc) is 1.44. The number of aromatic nitrogens is 4. The first kappa shape index (κ1) is 70.1. The zero-order valence-corrected chi connectivity index (χ0v) is 74.6. The monoisotopic (exact) mass is 1690 g/mol. The molecule has 20 heterocycles. The molecule has 16 aromatic carbocycles. The van der Waals surface area contributed by atoms with Crippen LogP contribution < -0.4 is 95.1 Å². The molecule has 582 valence electrons. The Balaban J connectivity index is 0.0000000791. The molecule has 0 unspecified atom stereocenters. The molecular weight excluding hydrogens is 1620 g/mol. The van der Waals surface area contributed by atoms with Gasteiger partial charge in [-0.05, 0) is 100 Å². The number of benzene rings is 16. The summed E-state index contributed by atoms with van der Waals surface area (Å²) in [6, 6.07) is 116. The first-order chi connectivity index (χ1) is 63.1. The van der Waals surface area contributed by atoms with Gasteiger partial charge in [0.2, 0.25) is 0 Å². The van der Waals surface area contributed by atoms with E-state index in [1.807, 2.05) is 0 Å². The Labute approximate surface area is 746 Å². The quantitative estimate of drug-likeness (QED) is 0.130. The molecule has 0 N–H and O–H groups in total. The number of fused-ring (bicyclic) bond motifs is 32. The zero-order chi connectivity index (χ0) is 82.8. The SMILES string of the molecule is Cc1ccc2c3cccc4c3n(c2c1)-c1cccc2c1B4c1ccccc1O2.Cc1cccc2c3cccc4c3n(c12)-c1cccc2c1B4c1ccccc1O2.[B]1B2[BH2-]P12(N=[P+]1B2[BH2-]B21)c1ccc2c(c1)c1cccc3c1n2-c1cccc2c1B3c1ccccc1O2.[B]1B2[BH2-]P12(N=[P+]1B2[BH2-]B21)c1ccc2c3c1c1ccccc1n3-c1cccc3c1B2c1ccccc1O3. The molecule has 0 aliphatic carbocycles. The van der Waals surface area contributed by atoms with Gasteiger partial charge in [-0.25, -0.2) is 0 Å². The molecule has 30 heteroatoms. The second-order valence-electron chi connectivity index (χ2n) is 40.9. The molecule has 16 aliphatic heterocycles. The second kappa shape index (κ2) is 23.5. The fraction of sp³-hybridized carbons (Fsp3) is 0.0204. The molecule has 2 radical (unpaired) electrons. The number of para-hydroxylation sites is 9. The molecule has 0 spiro atoms. The third-order valence-electron chi connectivity index (χ3n) is 34.6. The van der Waals surface area contributed by atoms with Crippen LogP contribution >= 0.6 is 27.7 Å². The Morgan fingerprint density at radius 3 is 1.15 bits per heavy atom. The fourth-order valence-corrected chi connectivity index (χ4v) is 52.4. The third-order valence-corrected chi connectivity index (χ3v) is 57.2. The minimum absolute atomic E-state index is 0.0590. The van der Waals surface area contributed by atoms with Crippen molar-refractivity contribution in [2.75, 3.05) is 0 Å². The molecule has 20 aromatic rings. The molecule has 0 atom stereocenters. The van der Waals surface area contributed by atoms with Crippen molar-refractivity contribution in [3.63, 3.8) is 0 Å². The van der Waals surface area contributed by atoms with E-state index >= 15 is 0 Å². The maximum atomic E-state index is 6.48. The van der Waals surface area contributed by atoms with Gasteiger partial charge in [0.25, 0.3) is 13.4 Å².